The van der Waals surface area contributed by atoms with Crippen molar-refractivity contribution in [3.8, 4) is 6.07 Å². The molecule has 3 rings (SSSR count). The molecule has 3 aromatic rings. The molecule has 1 amide bonds. The summed E-state index contributed by atoms with van der Waals surface area (Å²) in [5.74, 6) is 0.0859. The van der Waals surface area contributed by atoms with Crippen molar-refractivity contribution in [1.29, 1.82) is 5.26 Å². The maximum atomic E-state index is 12.2. The van der Waals surface area contributed by atoms with Crippen LogP contribution in [0.2, 0.25) is 0 Å². The smallest absolute Gasteiger partial charge is 0.234 e. The van der Waals surface area contributed by atoms with Gasteiger partial charge in [-0.2, -0.15) is 5.26 Å². The second kappa shape index (κ2) is 7.37. The Balaban J connectivity index is 1.78. The molecule has 1 heterocycles. The summed E-state index contributed by atoms with van der Waals surface area (Å²) in [6, 6.07) is 17.5. The maximum absolute atomic E-state index is 12.2. The number of hydrogen-bond donors (Lipinski definition) is 1. The van der Waals surface area contributed by atoms with Crippen LogP contribution in [-0.2, 0) is 4.79 Å². The van der Waals surface area contributed by atoms with Gasteiger partial charge >= 0.3 is 0 Å². The molecular formula is C20H17N3OS. The Morgan fingerprint density at radius 2 is 1.92 bits per heavy atom. The molecule has 1 aromatic heterocycles. The Bertz CT molecular complexity index is 992. The molecule has 0 aliphatic carbocycles. The van der Waals surface area contributed by atoms with E-state index in [1.165, 1.54) is 11.8 Å². The first-order valence-electron chi connectivity index (χ1n) is 7.87. The zero-order valence-electron chi connectivity index (χ0n) is 14.0. The van der Waals surface area contributed by atoms with Crippen molar-refractivity contribution in [2.75, 3.05) is 11.1 Å². The third-order valence-corrected chi connectivity index (χ3v) is 4.88. The quantitative estimate of drug-likeness (QED) is 0.708. The molecular weight excluding hydrogens is 330 g/mol. The number of carbonyl (C=O) groups excluding carboxylic acids is 1. The van der Waals surface area contributed by atoms with Crippen LogP contribution in [0.4, 0.5) is 5.69 Å². The number of anilines is 1. The van der Waals surface area contributed by atoms with Crippen molar-refractivity contribution in [3.63, 3.8) is 0 Å². The van der Waals surface area contributed by atoms with Gasteiger partial charge in [0.15, 0.2) is 0 Å². The Morgan fingerprint density at radius 1 is 1.16 bits per heavy atom. The topological polar surface area (TPSA) is 65.8 Å². The first-order valence-corrected chi connectivity index (χ1v) is 8.86. The number of nitriles is 1. The highest BCUT2D eigenvalue weighted by atomic mass is 32.2. The summed E-state index contributed by atoms with van der Waals surface area (Å²) in [5, 5.41) is 13.8. The zero-order valence-corrected chi connectivity index (χ0v) is 14.9. The standard InChI is InChI=1S/C20H17N3OS/c1-13-6-3-4-9-17(13)22-18(24)12-25-20-16(11-21)10-15-8-5-7-14(2)19(15)23-20/h3-10H,12H2,1-2H3,(H,22,24). The van der Waals surface area contributed by atoms with Gasteiger partial charge in [-0.3, -0.25) is 4.79 Å². The van der Waals surface area contributed by atoms with Crippen molar-refractivity contribution in [3.05, 3.63) is 65.2 Å². The van der Waals surface area contributed by atoms with E-state index in [4.69, 9.17) is 0 Å². The molecule has 1 N–H and O–H groups in total. The Morgan fingerprint density at radius 3 is 2.68 bits per heavy atom. The molecule has 25 heavy (non-hydrogen) atoms. The number of rotatable bonds is 4. The summed E-state index contributed by atoms with van der Waals surface area (Å²) < 4.78 is 0. The van der Waals surface area contributed by atoms with Gasteiger partial charge in [0.05, 0.1) is 16.8 Å². The first-order chi connectivity index (χ1) is 12.1. The van der Waals surface area contributed by atoms with Gasteiger partial charge in [-0.05, 0) is 37.1 Å². The number of hydrogen-bond acceptors (Lipinski definition) is 4. The van der Waals surface area contributed by atoms with E-state index >= 15 is 0 Å². The highest BCUT2D eigenvalue weighted by Gasteiger charge is 2.12. The minimum absolute atomic E-state index is 0.116. The van der Waals surface area contributed by atoms with E-state index in [0.717, 1.165) is 27.7 Å². The predicted molar refractivity (Wildman–Crippen MR) is 102 cm³/mol. The van der Waals surface area contributed by atoms with E-state index in [2.05, 4.69) is 16.4 Å². The van der Waals surface area contributed by atoms with Crippen LogP contribution < -0.4 is 5.32 Å². The average molecular weight is 347 g/mol. The third-order valence-electron chi connectivity index (χ3n) is 3.89. The summed E-state index contributed by atoms with van der Waals surface area (Å²) in [5.41, 5.74) is 4.22. The second-order valence-electron chi connectivity index (χ2n) is 5.75. The van der Waals surface area contributed by atoms with Gasteiger partial charge < -0.3 is 5.32 Å². The highest BCUT2D eigenvalue weighted by Crippen LogP contribution is 2.26. The Labute approximate surface area is 150 Å². The molecule has 4 nitrogen and oxygen atoms in total. The van der Waals surface area contributed by atoms with E-state index < -0.39 is 0 Å². The number of para-hydroxylation sites is 2. The molecule has 124 valence electrons. The maximum Gasteiger partial charge on any atom is 0.234 e. The third kappa shape index (κ3) is 3.81. The van der Waals surface area contributed by atoms with Gasteiger partial charge in [-0.25, -0.2) is 4.98 Å². The summed E-state index contributed by atoms with van der Waals surface area (Å²) >= 11 is 1.28. The van der Waals surface area contributed by atoms with Crippen LogP contribution in [0.25, 0.3) is 10.9 Å². The van der Waals surface area contributed by atoms with Gasteiger partial charge in [0.25, 0.3) is 0 Å². The van der Waals surface area contributed by atoms with E-state index in [9.17, 15) is 10.1 Å². The number of thioether (sulfide) groups is 1. The average Bonchev–Trinajstić information content (AvgIpc) is 2.61. The summed E-state index contributed by atoms with van der Waals surface area (Å²) in [7, 11) is 0. The van der Waals surface area contributed by atoms with E-state index in [-0.39, 0.29) is 11.7 Å². The number of pyridine rings is 1. The monoisotopic (exact) mass is 347 g/mol. The molecule has 0 unspecified atom stereocenters. The molecule has 0 saturated heterocycles. The summed E-state index contributed by atoms with van der Waals surface area (Å²) in [4.78, 5) is 16.8. The van der Waals surface area contributed by atoms with Crippen molar-refractivity contribution in [2.45, 2.75) is 18.9 Å². The molecule has 0 aliphatic heterocycles. The van der Waals surface area contributed by atoms with Crippen LogP contribution in [0.15, 0.2) is 53.6 Å². The van der Waals surface area contributed by atoms with E-state index in [0.29, 0.717) is 10.6 Å². The van der Waals surface area contributed by atoms with Crippen molar-refractivity contribution in [1.82, 2.24) is 4.98 Å². The molecule has 0 saturated carbocycles. The summed E-state index contributed by atoms with van der Waals surface area (Å²) in [6.07, 6.45) is 0. The molecule has 5 heteroatoms. The lowest BCUT2D eigenvalue weighted by molar-refractivity contribution is -0.113. The number of carbonyl (C=O) groups is 1. The zero-order chi connectivity index (χ0) is 17.8. The molecule has 0 fully saturated rings. The number of aryl methyl sites for hydroxylation is 2. The van der Waals surface area contributed by atoms with Crippen LogP contribution >= 0.6 is 11.8 Å². The van der Waals surface area contributed by atoms with Crippen LogP contribution in [0.1, 0.15) is 16.7 Å². The molecule has 0 radical (unpaired) electrons. The fourth-order valence-electron chi connectivity index (χ4n) is 2.55. The number of nitrogens with one attached hydrogen (secondary N) is 1. The van der Waals surface area contributed by atoms with Crippen LogP contribution in [0, 0.1) is 25.2 Å². The fourth-order valence-corrected chi connectivity index (χ4v) is 3.31. The highest BCUT2D eigenvalue weighted by molar-refractivity contribution is 8.00. The second-order valence-corrected chi connectivity index (χ2v) is 6.72. The molecule has 0 aliphatic rings. The van der Waals surface area contributed by atoms with Gasteiger partial charge in [0, 0.05) is 11.1 Å². The molecule has 0 spiro atoms. The predicted octanol–water partition coefficient (Wildman–Crippen LogP) is 4.45. The lowest BCUT2D eigenvalue weighted by Gasteiger charge is -2.09. The minimum atomic E-state index is -0.116. The number of fused-ring (bicyclic) bond motifs is 1. The Kier molecular flexibility index (Phi) is 5.01. The number of amides is 1. The van der Waals surface area contributed by atoms with Crippen LogP contribution in [0.3, 0.4) is 0 Å². The molecule has 2 aromatic carbocycles. The fraction of sp³-hybridized carbons (Fsp3) is 0.150. The van der Waals surface area contributed by atoms with Crippen molar-refractivity contribution in [2.24, 2.45) is 0 Å². The minimum Gasteiger partial charge on any atom is -0.325 e. The number of nitrogens with zero attached hydrogens (tertiary/aromatic N) is 2. The largest absolute Gasteiger partial charge is 0.325 e. The van der Waals surface area contributed by atoms with E-state index in [1.807, 2.05) is 62.4 Å². The van der Waals surface area contributed by atoms with Crippen LogP contribution in [0.5, 0.6) is 0 Å². The van der Waals surface area contributed by atoms with Gasteiger partial charge in [-0.1, -0.05) is 48.2 Å². The van der Waals surface area contributed by atoms with Gasteiger partial charge in [0.1, 0.15) is 11.1 Å². The van der Waals surface area contributed by atoms with Crippen molar-refractivity contribution >= 4 is 34.3 Å². The lowest BCUT2D eigenvalue weighted by Crippen LogP contribution is -2.15. The molecule has 0 bridgehead atoms. The first kappa shape index (κ1) is 17.0. The Hall–Kier alpha value is -2.84. The van der Waals surface area contributed by atoms with Crippen LogP contribution in [-0.4, -0.2) is 16.6 Å². The van der Waals surface area contributed by atoms with Gasteiger partial charge in [-0.15, -0.1) is 0 Å². The normalized spacial score (nSPS) is 10.4. The lowest BCUT2D eigenvalue weighted by atomic mass is 10.1. The van der Waals surface area contributed by atoms with Crippen molar-refractivity contribution < 1.29 is 4.79 Å². The number of aromatic nitrogens is 1. The number of benzene rings is 2. The molecule has 0 atom stereocenters. The summed E-state index contributed by atoms with van der Waals surface area (Å²) in [6.45, 7) is 3.94. The van der Waals surface area contributed by atoms with Gasteiger partial charge in [0.2, 0.25) is 5.91 Å². The van der Waals surface area contributed by atoms with E-state index in [1.54, 1.807) is 0 Å². The SMILES string of the molecule is Cc1ccccc1NC(=O)CSc1nc2c(C)cccc2cc1C#N.